The number of hydrogen-bond donors (Lipinski definition) is 1. The number of nitrogens with zero attached hydrogens (tertiary/aromatic N) is 4. The van der Waals surface area contributed by atoms with Gasteiger partial charge >= 0.3 is 0 Å². The molecule has 21 heavy (non-hydrogen) atoms. The molecule has 0 aliphatic rings. The molecule has 0 spiro atoms. The maximum absolute atomic E-state index is 3.95. The molecule has 0 saturated carbocycles. The molecule has 1 aromatic heterocycles. The average molecular weight is 296 g/mol. The van der Waals surface area contributed by atoms with Crippen LogP contribution >= 0.6 is 0 Å². The number of H-pyrrole nitrogens is 1. The summed E-state index contributed by atoms with van der Waals surface area (Å²) in [6, 6.07) is 0. The summed E-state index contributed by atoms with van der Waals surface area (Å²) in [4.78, 5) is 0. The fraction of sp³-hybridized carbons (Fsp3) is 0.812. The molecule has 0 amide bonds. The summed E-state index contributed by atoms with van der Waals surface area (Å²) in [5, 5.41) is 12.1. The van der Waals surface area contributed by atoms with Crippen LogP contribution in [0.25, 0.3) is 0 Å². The molecule has 1 rings (SSSR count). The van der Waals surface area contributed by atoms with E-state index < -0.39 is 0 Å². The molecule has 0 saturated heterocycles. The Hall–Kier alpha value is -1.23. The Labute approximate surface area is 130 Å². The summed E-state index contributed by atoms with van der Waals surface area (Å²) >= 11 is 0. The average Bonchev–Trinajstić information content (AvgIpc) is 3.08. The van der Waals surface area contributed by atoms with Gasteiger partial charge in [-0.1, -0.05) is 46.6 Å². The zero-order valence-electron chi connectivity index (χ0n) is 14.2. The predicted molar refractivity (Wildman–Crippen MR) is 88.8 cm³/mol. The fourth-order valence-electron chi connectivity index (χ4n) is 2.49. The third kappa shape index (κ3) is 10.2. The summed E-state index contributed by atoms with van der Waals surface area (Å²) < 4.78 is 1.29. The maximum atomic E-state index is 3.95. The first-order valence-corrected chi connectivity index (χ1v) is 8.37. The quantitative estimate of drug-likeness (QED) is 0.501. The van der Waals surface area contributed by atoms with E-state index in [1.54, 1.807) is 0 Å². The van der Waals surface area contributed by atoms with Crippen molar-refractivity contribution >= 4 is 0 Å². The number of hydrogen-bond acceptors (Lipinski definition) is 3. The third-order valence-electron chi connectivity index (χ3n) is 3.74. The van der Waals surface area contributed by atoms with Crippen LogP contribution in [-0.4, -0.2) is 51.3 Å². The van der Waals surface area contributed by atoms with Crippen molar-refractivity contribution < 1.29 is 4.48 Å². The minimum atomic E-state index is 1.17. The molecular formula is C16H34N5+. The van der Waals surface area contributed by atoms with Crippen molar-refractivity contribution in [2.75, 3.05) is 26.2 Å². The topological polar surface area (TPSA) is 54.5 Å². The summed E-state index contributed by atoms with van der Waals surface area (Å²) in [6.45, 7) is 16.1. The second kappa shape index (κ2) is 13.7. The molecule has 0 radical (unpaired) electrons. The van der Waals surface area contributed by atoms with E-state index in [2.05, 4.69) is 54.1 Å². The van der Waals surface area contributed by atoms with E-state index in [0.29, 0.717) is 0 Å². The van der Waals surface area contributed by atoms with E-state index in [1.165, 1.54) is 75.5 Å². The van der Waals surface area contributed by atoms with Crippen molar-refractivity contribution in [2.24, 2.45) is 0 Å². The molecule has 0 bridgehead atoms. The van der Waals surface area contributed by atoms with Crippen molar-refractivity contribution in [1.29, 1.82) is 0 Å². The molecule has 1 N–H and O–H groups in total. The fourth-order valence-corrected chi connectivity index (χ4v) is 2.49. The summed E-state index contributed by atoms with van der Waals surface area (Å²) in [6.07, 6.45) is 11.6. The number of nitrogens with one attached hydrogen (secondary N) is 1. The van der Waals surface area contributed by atoms with Crippen LogP contribution in [0, 0.1) is 0 Å². The highest BCUT2D eigenvalue weighted by atomic mass is 15.5. The van der Waals surface area contributed by atoms with Crippen molar-refractivity contribution in [3.05, 3.63) is 19.0 Å². The Balaban J connectivity index is 0.000000662. The molecule has 1 aromatic rings. The van der Waals surface area contributed by atoms with Gasteiger partial charge in [0.1, 0.15) is 6.33 Å². The molecule has 122 valence electrons. The van der Waals surface area contributed by atoms with Gasteiger partial charge in [0, 0.05) is 0 Å². The molecule has 0 atom stereocenters. The van der Waals surface area contributed by atoms with Crippen molar-refractivity contribution in [3.63, 3.8) is 0 Å². The van der Waals surface area contributed by atoms with Gasteiger partial charge in [0.15, 0.2) is 0 Å². The Bertz CT molecular complexity index is 271. The minimum absolute atomic E-state index is 1.17. The van der Waals surface area contributed by atoms with Gasteiger partial charge in [-0.2, -0.15) is 0 Å². The van der Waals surface area contributed by atoms with E-state index in [1.807, 2.05) is 0 Å². The van der Waals surface area contributed by atoms with Crippen molar-refractivity contribution in [2.45, 2.75) is 59.3 Å². The van der Waals surface area contributed by atoms with Gasteiger partial charge in [-0.25, -0.2) is 5.10 Å². The summed E-state index contributed by atoms with van der Waals surface area (Å²) in [5.74, 6) is 0. The van der Waals surface area contributed by atoms with Gasteiger partial charge < -0.3 is 4.48 Å². The molecule has 5 nitrogen and oxygen atoms in total. The molecule has 0 aliphatic heterocycles. The predicted octanol–water partition coefficient (Wildman–Crippen LogP) is 3.59. The lowest BCUT2D eigenvalue weighted by molar-refractivity contribution is -0.923. The van der Waals surface area contributed by atoms with E-state index >= 15 is 0 Å². The second-order valence-corrected chi connectivity index (χ2v) is 5.61. The Morgan fingerprint density at radius 3 is 1.76 bits per heavy atom. The van der Waals surface area contributed by atoms with Crippen LogP contribution < -0.4 is 0 Å². The largest absolute Gasteiger partial charge is 0.320 e. The van der Waals surface area contributed by atoms with Gasteiger partial charge in [0.25, 0.3) is 0 Å². The number of tetrazole rings is 1. The number of rotatable bonds is 11. The van der Waals surface area contributed by atoms with E-state index in [4.69, 9.17) is 0 Å². The van der Waals surface area contributed by atoms with Crippen molar-refractivity contribution in [3.8, 4) is 0 Å². The first kappa shape index (κ1) is 19.8. The first-order valence-electron chi connectivity index (χ1n) is 8.37. The lowest BCUT2D eigenvalue weighted by atomic mass is 10.1. The SMILES string of the molecule is C=CC[N+](CCCC)(CCCC)CCCC.c1nnn[nH]1. The lowest BCUT2D eigenvalue weighted by Crippen LogP contribution is -2.50. The van der Waals surface area contributed by atoms with Gasteiger partial charge in [-0.3, -0.25) is 0 Å². The van der Waals surface area contributed by atoms with Crippen LogP contribution in [0.4, 0.5) is 0 Å². The second-order valence-electron chi connectivity index (χ2n) is 5.61. The molecule has 0 unspecified atom stereocenters. The van der Waals surface area contributed by atoms with Gasteiger partial charge in [0.05, 0.1) is 26.2 Å². The zero-order valence-corrected chi connectivity index (χ0v) is 14.2. The molecule has 1 heterocycles. The van der Waals surface area contributed by atoms with Crippen LogP contribution in [0.15, 0.2) is 19.0 Å². The van der Waals surface area contributed by atoms with Gasteiger partial charge in [-0.05, 0) is 35.8 Å². The molecule has 5 heteroatoms. The molecule has 0 aliphatic carbocycles. The highest BCUT2D eigenvalue weighted by Crippen LogP contribution is 2.14. The number of aromatic nitrogens is 4. The Kier molecular flexibility index (Phi) is 12.9. The standard InChI is InChI=1S/C15H32N.CH2N4/c1-5-9-13-16(12-8-4,14-10-6-2)15-11-7-3;1-2-4-5-3-1/h8H,4-7,9-15H2,1-3H3;1H,(H,2,3,4,5)/q+1;. The summed E-state index contributed by atoms with van der Waals surface area (Å²) in [7, 11) is 0. The Morgan fingerprint density at radius 1 is 1.00 bits per heavy atom. The lowest BCUT2D eigenvalue weighted by Gasteiger charge is -2.38. The van der Waals surface area contributed by atoms with Crippen LogP contribution in [0.5, 0.6) is 0 Å². The third-order valence-corrected chi connectivity index (χ3v) is 3.74. The highest BCUT2D eigenvalue weighted by molar-refractivity contribution is 4.66. The monoisotopic (exact) mass is 296 g/mol. The highest BCUT2D eigenvalue weighted by Gasteiger charge is 2.23. The van der Waals surface area contributed by atoms with Crippen molar-refractivity contribution in [1.82, 2.24) is 20.6 Å². The minimum Gasteiger partial charge on any atom is -0.320 e. The maximum Gasteiger partial charge on any atom is 0.135 e. The van der Waals surface area contributed by atoms with E-state index in [0.717, 1.165) is 0 Å². The van der Waals surface area contributed by atoms with Gasteiger partial charge in [0.2, 0.25) is 0 Å². The van der Waals surface area contributed by atoms with E-state index in [9.17, 15) is 0 Å². The zero-order chi connectivity index (χ0) is 15.8. The molecular weight excluding hydrogens is 262 g/mol. The number of quaternary nitrogens is 1. The first-order chi connectivity index (χ1) is 10.2. The number of unbranched alkanes of at least 4 members (excludes halogenated alkanes) is 3. The van der Waals surface area contributed by atoms with Gasteiger partial charge in [-0.15, -0.1) is 5.10 Å². The van der Waals surface area contributed by atoms with Crippen LogP contribution in [0.2, 0.25) is 0 Å². The van der Waals surface area contributed by atoms with E-state index in [-0.39, 0.29) is 0 Å². The van der Waals surface area contributed by atoms with Crippen LogP contribution in [0.1, 0.15) is 59.3 Å². The number of aromatic amines is 1. The molecule has 0 aromatic carbocycles. The molecule has 0 fully saturated rings. The summed E-state index contributed by atoms with van der Waals surface area (Å²) in [5.41, 5.74) is 0. The Morgan fingerprint density at radius 2 is 1.52 bits per heavy atom. The van der Waals surface area contributed by atoms with Crippen LogP contribution in [-0.2, 0) is 0 Å². The normalized spacial score (nSPS) is 10.8. The van der Waals surface area contributed by atoms with Crippen LogP contribution in [0.3, 0.4) is 0 Å². The smallest absolute Gasteiger partial charge is 0.135 e.